The van der Waals surface area contributed by atoms with Crippen molar-refractivity contribution in [2.75, 3.05) is 37.6 Å². The molecule has 1 atom stereocenters. The molecule has 100 valence electrons. The Balaban J connectivity index is 2.10. The first-order valence-electron chi connectivity index (χ1n) is 6.73. The van der Waals surface area contributed by atoms with Crippen LogP contribution in [0.25, 0.3) is 0 Å². The number of anilines is 1. The van der Waals surface area contributed by atoms with Crippen molar-refractivity contribution in [2.45, 2.75) is 26.9 Å². The normalized spacial score (nSPS) is 19.0. The van der Waals surface area contributed by atoms with Gasteiger partial charge >= 0.3 is 0 Å². The Morgan fingerprint density at radius 1 is 1.33 bits per heavy atom. The summed E-state index contributed by atoms with van der Waals surface area (Å²) in [6.45, 7) is 11.5. The standard InChI is InChI=1S/C14H23N3O/c1-4-16-5-7-17(8-6-16)14-11(2)9-13(10-15-14)12(3)18/h9-10,12,18H,4-8H2,1-3H3. The molecule has 0 amide bonds. The molecule has 0 radical (unpaired) electrons. The van der Waals surface area contributed by atoms with Crippen LogP contribution >= 0.6 is 0 Å². The first-order chi connectivity index (χ1) is 8.61. The van der Waals surface area contributed by atoms with E-state index in [2.05, 4.69) is 28.6 Å². The van der Waals surface area contributed by atoms with Gasteiger partial charge in [-0.05, 0) is 37.6 Å². The van der Waals surface area contributed by atoms with Crippen LogP contribution in [0.1, 0.15) is 31.1 Å². The van der Waals surface area contributed by atoms with Gasteiger partial charge in [0.15, 0.2) is 0 Å². The highest BCUT2D eigenvalue weighted by Crippen LogP contribution is 2.22. The number of aromatic nitrogens is 1. The van der Waals surface area contributed by atoms with Crippen molar-refractivity contribution in [1.29, 1.82) is 0 Å². The molecule has 1 aliphatic rings. The zero-order chi connectivity index (χ0) is 13.1. The summed E-state index contributed by atoms with van der Waals surface area (Å²) in [4.78, 5) is 9.32. The molecule has 1 unspecified atom stereocenters. The van der Waals surface area contributed by atoms with Crippen LogP contribution in [0.3, 0.4) is 0 Å². The number of piperazine rings is 1. The van der Waals surface area contributed by atoms with Gasteiger partial charge in [0.1, 0.15) is 5.82 Å². The largest absolute Gasteiger partial charge is 0.389 e. The predicted molar refractivity (Wildman–Crippen MR) is 73.9 cm³/mol. The summed E-state index contributed by atoms with van der Waals surface area (Å²) in [7, 11) is 0. The number of aliphatic hydroxyl groups is 1. The lowest BCUT2D eigenvalue weighted by Gasteiger charge is -2.35. The van der Waals surface area contributed by atoms with Crippen molar-refractivity contribution in [2.24, 2.45) is 0 Å². The van der Waals surface area contributed by atoms with Gasteiger partial charge in [-0.1, -0.05) is 6.92 Å². The summed E-state index contributed by atoms with van der Waals surface area (Å²) in [5, 5.41) is 9.56. The van der Waals surface area contributed by atoms with Crippen LogP contribution in [-0.2, 0) is 0 Å². The summed E-state index contributed by atoms with van der Waals surface area (Å²) >= 11 is 0. The van der Waals surface area contributed by atoms with Crippen molar-refractivity contribution in [1.82, 2.24) is 9.88 Å². The summed E-state index contributed by atoms with van der Waals surface area (Å²) in [6.07, 6.45) is 1.35. The number of hydrogen-bond donors (Lipinski definition) is 1. The zero-order valence-electron chi connectivity index (χ0n) is 11.6. The minimum atomic E-state index is -0.442. The van der Waals surface area contributed by atoms with Crippen molar-refractivity contribution >= 4 is 5.82 Å². The third kappa shape index (κ3) is 2.82. The number of rotatable bonds is 3. The highest BCUT2D eigenvalue weighted by molar-refractivity contribution is 5.48. The van der Waals surface area contributed by atoms with Crippen molar-refractivity contribution in [3.63, 3.8) is 0 Å². The van der Waals surface area contributed by atoms with E-state index >= 15 is 0 Å². The Bertz CT molecular complexity index is 398. The van der Waals surface area contributed by atoms with E-state index in [-0.39, 0.29) is 0 Å². The topological polar surface area (TPSA) is 39.6 Å². The van der Waals surface area contributed by atoms with E-state index in [1.165, 1.54) is 0 Å². The minimum Gasteiger partial charge on any atom is -0.389 e. The molecule has 1 fully saturated rings. The molecule has 0 bridgehead atoms. The molecule has 0 spiro atoms. The highest BCUT2D eigenvalue weighted by Gasteiger charge is 2.18. The van der Waals surface area contributed by atoms with Crippen molar-refractivity contribution < 1.29 is 5.11 Å². The molecule has 18 heavy (non-hydrogen) atoms. The Morgan fingerprint density at radius 2 is 2.00 bits per heavy atom. The number of aliphatic hydroxyl groups excluding tert-OH is 1. The zero-order valence-corrected chi connectivity index (χ0v) is 11.6. The molecule has 4 nitrogen and oxygen atoms in total. The maximum atomic E-state index is 9.56. The van der Waals surface area contributed by atoms with E-state index in [0.717, 1.165) is 49.7 Å². The van der Waals surface area contributed by atoms with Crippen LogP contribution < -0.4 is 4.90 Å². The smallest absolute Gasteiger partial charge is 0.131 e. The molecule has 2 rings (SSSR count). The Kier molecular flexibility index (Phi) is 4.19. The van der Waals surface area contributed by atoms with Gasteiger partial charge in [0.05, 0.1) is 6.10 Å². The molecule has 4 heteroatoms. The maximum Gasteiger partial charge on any atom is 0.131 e. The molecular weight excluding hydrogens is 226 g/mol. The lowest BCUT2D eigenvalue weighted by Crippen LogP contribution is -2.46. The molecule has 1 aromatic heterocycles. The average molecular weight is 249 g/mol. The molecule has 1 aromatic rings. The number of likely N-dealkylation sites (N-methyl/N-ethyl adjacent to an activating group) is 1. The third-order valence-electron chi connectivity index (χ3n) is 3.67. The Morgan fingerprint density at radius 3 is 2.50 bits per heavy atom. The van der Waals surface area contributed by atoms with Crippen LogP contribution in [0.4, 0.5) is 5.82 Å². The monoisotopic (exact) mass is 249 g/mol. The molecule has 2 heterocycles. The van der Waals surface area contributed by atoms with Crippen LogP contribution in [0.5, 0.6) is 0 Å². The number of hydrogen-bond acceptors (Lipinski definition) is 4. The number of nitrogens with zero attached hydrogens (tertiary/aromatic N) is 3. The van der Waals surface area contributed by atoms with Gasteiger partial charge in [0.25, 0.3) is 0 Å². The van der Waals surface area contributed by atoms with Gasteiger partial charge in [-0.25, -0.2) is 4.98 Å². The second kappa shape index (κ2) is 5.67. The Hall–Kier alpha value is -1.13. The summed E-state index contributed by atoms with van der Waals surface area (Å²) in [6, 6.07) is 2.04. The lowest BCUT2D eigenvalue weighted by molar-refractivity contribution is 0.199. The second-order valence-corrected chi connectivity index (χ2v) is 5.01. The molecule has 1 saturated heterocycles. The maximum absolute atomic E-state index is 9.56. The highest BCUT2D eigenvalue weighted by atomic mass is 16.3. The SMILES string of the molecule is CCN1CCN(c2ncc(C(C)O)cc2C)CC1. The quantitative estimate of drug-likeness (QED) is 0.883. The first-order valence-corrected chi connectivity index (χ1v) is 6.73. The fourth-order valence-electron chi connectivity index (χ4n) is 2.42. The van der Waals surface area contributed by atoms with Gasteiger partial charge in [-0.2, -0.15) is 0 Å². The van der Waals surface area contributed by atoms with Crippen molar-refractivity contribution in [3.8, 4) is 0 Å². The molecule has 1 aliphatic heterocycles. The van der Waals surface area contributed by atoms with Crippen LogP contribution in [-0.4, -0.2) is 47.7 Å². The molecular formula is C14H23N3O. The lowest BCUT2D eigenvalue weighted by atomic mass is 10.1. The van der Waals surface area contributed by atoms with E-state index in [1.54, 1.807) is 13.1 Å². The number of pyridine rings is 1. The number of aryl methyl sites for hydroxylation is 1. The molecule has 0 aliphatic carbocycles. The second-order valence-electron chi connectivity index (χ2n) is 5.01. The minimum absolute atomic E-state index is 0.442. The summed E-state index contributed by atoms with van der Waals surface area (Å²) < 4.78 is 0. The molecule has 1 N–H and O–H groups in total. The first kappa shape index (κ1) is 13.3. The van der Waals surface area contributed by atoms with E-state index in [1.807, 2.05) is 6.07 Å². The van der Waals surface area contributed by atoms with E-state index < -0.39 is 6.10 Å². The van der Waals surface area contributed by atoms with Gasteiger partial charge in [0, 0.05) is 32.4 Å². The van der Waals surface area contributed by atoms with Gasteiger partial charge < -0.3 is 14.9 Å². The third-order valence-corrected chi connectivity index (χ3v) is 3.67. The van der Waals surface area contributed by atoms with E-state index in [4.69, 9.17) is 0 Å². The van der Waals surface area contributed by atoms with Crippen LogP contribution in [0, 0.1) is 6.92 Å². The Labute approximate surface area is 109 Å². The fraction of sp³-hybridized carbons (Fsp3) is 0.643. The molecule has 0 aromatic carbocycles. The van der Waals surface area contributed by atoms with Crippen LogP contribution in [0.2, 0.25) is 0 Å². The van der Waals surface area contributed by atoms with Gasteiger partial charge in [0.2, 0.25) is 0 Å². The van der Waals surface area contributed by atoms with Gasteiger partial charge in [-0.3, -0.25) is 0 Å². The van der Waals surface area contributed by atoms with Crippen molar-refractivity contribution in [3.05, 3.63) is 23.4 Å². The summed E-state index contributed by atoms with van der Waals surface area (Å²) in [5.74, 6) is 1.06. The fourth-order valence-corrected chi connectivity index (χ4v) is 2.42. The van der Waals surface area contributed by atoms with E-state index in [0.29, 0.717) is 0 Å². The predicted octanol–water partition coefficient (Wildman–Crippen LogP) is 1.59. The average Bonchev–Trinajstić information content (AvgIpc) is 2.38. The van der Waals surface area contributed by atoms with Gasteiger partial charge in [-0.15, -0.1) is 0 Å². The summed E-state index contributed by atoms with van der Waals surface area (Å²) in [5.41, 5.74) is 2.04. The van der Waals surface area contributed by atoms with Crippen LogP contribution in [0.15, 0.2) is 12.3 Å². The molecule has 0 saturated carbocycles. The van der Waals surface area contributed by atoms with E-state index in [9.17, 15) is 5.11 Å².